The van der Waals surface area contributed by atoms with E-state index in [0.717, 1.165) is 9.26 Å². The molecule has 0 aliphatic rings. The molecule has 21 heavy (non-hydrogen) atoms. The van der Waals surface area contributed by atoms with Crippen LogP contribution in [0.25, 0.3) is 0 Å². The number of thioether (sulfide) groups is 1. The summed E-state index contributed by atoms with van der Waals surface area (Å²) in [4.78, 5) is 24.0. The van der Waals surface area contributed by atoms with Gasteiger partial charge < -0.3 is 11.1 Å². The van der Waals surface area contributed by atoms with Crippen molar-refractivity contribution < 1.29 is 4.79 Å². The Bertz CT molecular complexity index is 622. The molecule has 1 atom stereocenters. The van der Waals surface area contributed by atoms with Gasteiger partial charge in [-0.2, -0.15) is 4.98 Å². The van der Waals surface area contributed by atoms with Crippen LogP contribution in [0.3, 0.4) is 0 Å². The predicted molar refractivity (Wildman–Crippen MR) is 92.0 cm³/mol. The topological polar surface area (TPSA) is 93.8 Å². The van der Waals surface area contributed by atoms with Gasteiger partial charge in [-0.1, -0.05) is 18.7 Å². The minimum absolute atomic E-state index is 0.0808. The van der Waals surface area contributed by atoms with Gasteiger partial charge in [-0.25, -0.2) is 9.97 Å². The number of anilines is 2. The largest absolute Gasteiger partial charge is 0.368 e. The number of nitrogens with one attached hydrogen (secondary N) is 1. The van der Waals surface area contributed by atoms with Crippen molar-refractivity contribution >= 4 is 51.9 Å². The second-order valence-corrected chi connectivity index (χ2v) is 6.55. The van der Waals surface area contributed by atoms with E-state index in [1.54, 1.807) is 0 Å². The van der Waals surface area contributed by atoms with Gasteiger partial charge in [0, 0.05) is 9.26 Å². The zero-order valence-corrected chi connectivity index (χ0v) is 14.3. The fourth-order valence-electron chi connectivity index (χ4n) is 1.56. The highest BCUT2D eigenvalue weighted by atomic mass is 127. The Morgan fingerprint density at radius 3 is 2.71 bits per heavy atom. The molecule has 0 aliphatic heterocycles. The number of rotatable bonds is 5. The fourth-order valence-corrected chi connectivity index (χ4v) is 2.76. The lowest BCUT2D eigenvalue weighted by Gasteiger charge is -2.13. The Balaban J connectivity index is 2.03. The molecule has 2 rings (SSSR count). The molecule has 8 heteroatoms. The molecular formula is C13H14IN5OS. The zero-order valence-electron chi connectivity index (χ0n) is 11.3. The highest BCUT2D eigenvalue weighted by Crippen LogP contribution is 2.23. The zero-order chi connectivity index (χ0) is 15.2. The van der Waals surface area contributed by atoms with Crippen molar-refractivity contribution in [2.24, 2.45) is 0 Å². The van der Waals surface area contributed by atoms with Crippen molar-refractivity contribution in [2.75, 3.05) is 11.1 Å². The van der Waals surface area contributed by atoms with Gasteiger partial charge >= 0.3 is 0 Å². The van der Waals surface area contributed by atoms with Crippen LogP contribution in [0.5, 0.6) is 0 Å². The third kappa shape index (κ3) is 4.81. The van der Waals surface area contributed by atoms with Crippen molar-refractivity contribution in [1.29, 1.82) is 0 Å². The van der Waals surface area contributed by atoms with Gasteiger partial charge in [0.2, 0.25) is 11.9 Å². The summed E-state index contributed by atoms with van der Waals surface area (Å²) in [6, 6.07) is 7.63. The molecule has 0 radical (unpaired) electrons. The van der Waals surface area contributed by atoms with E-state index in [2.05, 4.69) is 42.9 Å². The molecule has 6 nitrogen and oxygen atoms in total. The minimum Gasteiger partial charge on any atom is -0.368 e. The van der Waals surface area contributed by atoms with Crippen molar-refractivity contribution in [2.45, 2.75) is 23.8 Å². The number of amides is 1. The van der Waals surface area contributed by atoms with Crippen molar-refractivity contribution in [3.63, 3.8) is 0 Å². The molecule has 0 spiro atoms. The van der Waals surface area contributed by atoms with Crippen molar-refractivity contribution in [3.05, 3.63) is 34.2 Å². The maximum absolute atomic E-state index is 12.3. The van der Waals surface area contributed by atoms with E-state index < -0.39 is 0 Å². The van der Waals surface area contributed by atoms with Gasteiger partial charge in [-0.3, -0.25) is 4.79 Å². The second-order valence-electron chi connectivity index (χ2n) is 4.14. The molecule has 1 aromatic heterocycles. The van der Waals surface area contributed by atoms with Crippen molar-refractivity contribution in [3.8, 4) is 0 Å². The monoisotopic (exact) mass is 415 g/mol. The minimum atomic E-state index is -0.286. The molecule has 0 saturated heterocycles. The van der Waals surface area contributed by atoms with E-state index in [4.69, 9.17) is 5.73 Å². The van der Waals surface area contributed by atoms with E-state index >= 15 is 0 Å². The summed E-state index contributed by atoms with van der Waals surface area (Å²) in [5, 5.41) is 3.05. The molecule has 0 fully saturated rings. The van der Waals surface area contributed by atoms with Crippen LogP contribution in [0, 0.1) is 3.57 Å². The van der Waals surface area contributed by atoms with Crippen LogP contribution in [-0.4, -0.2) is 26.1 Å². The number of hydrogen-bond donors (Lipinski definition) is 2. The maximum Gasteiger partial charge on any atom is 0.237 e. The Labute approximate surface area is 140 Å². The average Bonchev–Trinajstić information content (AvgIpc) is 2.47. The molecule has 1 unspecified atom stereocenters. The summed E-state index contributed by atoms with van der Waals surface area (Å²) in [7, 11) is 0. The van der Waals surface area contributed by atoms with E-state index in [-0.39, 0.29) is 17.1 Å². The van der Waals surface area contributed by atoms with Crippen LogP contribution in [0.4, 0.5) is 11.6 Å². The van der Waals surface area contributed by atoms with Gasteiger partial charge in [0.05, 0.1) is 5.25 Å². The van der Waals surface area contributed by atoms with Crippen LogP contribution in [-0.2, 0) is 4.79 Å². The smallest absolute Gasteiger partial charge is 0.237 e. The van der Waals surface area contributed by atoms with Crippen LogP contribution in [0.2, 0.25) is 0 Å². The summed E-state index contributed by atoms with van der Waals surface area (Å²) in [6.45, 7) is 1.94. The average molecular weight is 415 g/mol. The maximum atomic E-state index is 12.3. The van der Waals surface area contributed by atoms with Crippen molar-refractivity contribution in [1.82, 2.24) is 15.0 Å². The Hall–Kier alpha value is -1.42. The first-order valence-electron chi connectivity index (χ1n) is 6.26. The van der Waals surface area contributed by atoms with E-state index in [1.165, 1.54) is 18.1 Å². The number of nitrogens with zero attached hydrogens (tertiary/aromatic N) is 3. The lowest BCUT2D eigenvalue weighted by atomic mass is 10.3. The molecule has 0 saturated carbocycles. The Morgan fingerprint density at radius 2 is 2.10 bits per heavy atom. The number of benzene rings is 1. The summed E-state index contributed by atoms with van der Waals surface area (Å²) < 4.78 is 1.12. The number of aromatic nitrogens is 3. The molecule has 0 aliphatic carbocycles. The second kappa shape index (κ2) is 7.55. The van der Waals surface area contributed by atoms with E-state index in [1.807, 2.05) is 31.2 Å². The first-order valence-corrected chi connectivity index (χ1v) is 8.22. The Kier molecular flexibility index (Phi) is 5.74. The number of nitrogens with two attached hydrogens (primary N) is 1. The molecule has 1 aromatic carbocycles. The third-order valence-corrected chi connectivity index (χ3v) is 4.55. The molecule has 0 bridgehead atoms. The fraction of sp³-hybridized carbons (Fsp3) is 0.231. The molecule has 1 amide bonds. The summed E-state index contributed by atoms with van der Waals surface area (Å²) in [5.41, 5.74) is 6.29. The third-order valence-electron chi connectivity index (χ3n) is 2.59. The van der Waals surface area contributed by atoms with E-state index in [9.17, 15) is 4.79 Å². The summed E-state index contributed by atoms with van der Waals surface area (Å²) in [5.74, 6) is 0.0723. The number of nitrogen functional groups attached to an aromatic ring is 1. The van der Waals surface area contributed by atoms with Gasteiger partial charge in [0.15, 0.2) is 5.16 Å². The Morgan fingerprint density at radius 1 is 1.38 bits per heavy atom. The van der Waals surface area contributed by atoms with E-state index in [0.29, 0.717) is 11.6 Å². The first kappa shape index (κ1) is 16.0. The van der Waals surface area contributed by atoms with Crippen LogP contribution in [0.1, 0.15) is 13.3 Å². The number of carbonyl (C=O) groups is 1. The highest BCUT2D eigenvalue weighted by molar-refractivity contribution is 14.1. The summed E-state index contributed by atoms with van der Waals surface area (Å²) in [6.07, 6.45) is 2.00. The molecule has 110 valence electrons. The van der Waals surface area contributed by atoms with Gasteiger partial charge in [-0.15, -0.1) is 0 Å². The molecule has 3 N–H and O–H groups in total. The summed E-state index contributed by atoms with van der Waals surface area (Å²) >= 11 is 3.50. The quantitative estimate of drug-likeness (QED) is 0.576. The molecule has 1 heterocycles. The van der Waals surface area contributed by atoms with Crippen LogP contribution >= 0.6 is 34.4 Å². The number of carbonyl (C=O) groups excluding carboxylic acids is 1. The SMILES string of the molecule is CCC(Sc1ncnc(N)n1)C(=O)Nc1ccc(I)cc1. The molecular weight excluding hydrogens is 401 g/mol. The van der Waals surface area contributed by atoms with Gasteiger partial charge in [-0.05, 0) is 53.3 Å². The number of halogens is 1. The lowest BCUT2D eigenvalue weighted by molar-refractivity contribution is -0.115. The van der Waals surface area contributed by atoms with Crippen LogP contribution < -0.4 is 11.1 Å². The number of hydrogen-bond acceptors (Lipinski definition) is 6. The van der Waals surface area contributed by atoms with Gasteiger partial charge in [0.1, 0.15) is 6.33 Å². The van der Waals surface area contributed by atoms with Crippen LogP contribution in [0.15, 0.2) is 35.7 Å². The predicted octanol–water partition coefficient (Wildman–Crippen LogP) is 2.57. The van der Waals surface area contributed by atoms with Gasteiger partial charge in [0.25, 0.3) is 0 Å². The molecule has 2 aromatic rings. The first-order chi connectivity index (χ1) is 10.1. The standard InChI is InChI=1S/C13H14IN5OS/c1-2-10(21-13-17-7-16-12(15)19-13)11(20)18-9-5-3-8(14)4-6-9/h3-7,10H,2H2,1H3,(H,18,20)(H2,15,16,17,19). The highest BCUT2D eigenvalue weighted by Gasteiger charge is 2.19. The lowest BCUT2D eigenvalue weighted by Crippen LogP contribution is -2.24. The normalized spacial score (nSPS) is 11.9.